The zero-order valence-electron chi connectivity index (χ0n) is 18.2. The molecule has 2 bridgehead atoms. The summed E-state index contributed by atoms with van der Waals surface area (Å²) in [4.78, 5) is 38.0. The molecule has 8 nitrogen and oxygen atoms in total. The highest BCUT2D eigenvalue weighted by Gasteiger charge is 2.37. The number of nitrogens with one attached hydrogen (secondary N) is 1. The van der Waals surface area contributed by atoms with E-state index in [0.29, 0.717) is 36.8 Å². The smallest absolute Gasteiger partial charge is 0.261 e. The minimum Gasteiger partial charge on any atom is -0.358 e. The summed E-state index contributed by atoms with van der Waals surface area (Å²) in [7, 11) is 0. The first kappa shape index (κ1) is 20.4. The lowest BCUT2D eigenvalue weighted by molar-refractivity contribution is -0.164. The number of aromatic nitrogens is 2. The molecule has 2 aromatic carbocycles. The molecular formula is C24H26N6O2. The van der Waals surface area contributed by atoms with Crippen molar-refractivity contribution in [3.8, 4) is 0 Å². The van der Waals surface area contributed by atoms with Gasteiger partial charge in [0.1, 0.15) is 24.4 Å². The van der Waals surface area contributed by atoms with Crippen molar-refractivity contribution in [1.29, 1.82) is 0 Å². The zero-order chi connectivity index (χ0) is 22.2. The second kappa shape index (κ2) is 8.20. The molecule has 0 spiro atoms. The van der Waals surface area contributed by atoms with E-state index >= 15 is 0 Å². The Morgan fingerprint density at radius 3 is 2.56 bits per heavy atom. The van der Waals surface area contributed by atoms with Gasteiger partial charge in [-0.1, -0.05) is 44.2 Å². The fraction of sp³-hybridized carbons (Fsp3) is 0.333. The van der Waals surface area contributed by atoms with Gasteiger partial charge in [0.25, 0.3) is 11.8 Å². The normalized spacial score (nSPS) is 19.2. The molecule has 1 N–H and O–H groups in total. The molecule has 2 amide bonds. The van der Waals surface area contributed by atoms with E-state index in [-0.39, 0.29) is 24.4 Å². The summed E-state index contributed by atoms with van der Waals surface area (Å²) in [6.07, 6.45) is 0. The Morgan fingerprint density at radius 2 is 1.78 bits per heavy atom. The Labute approximate surface area is 186 Å². The minimum atomic E-state index is -0.478. The van der Waals surface area contributed by atoms with E-state index in [0.717, 1.165) is 10.9 Å². The standard InChI is InChI=1S/C24H26N6O2/c1-16(2)21-24(32)30-15-28(23(31)17-8-4-3-5-9-17)12-13-29(30)14-20-25-19-11-7-6-10-18(19)22(26-20)27-21/h3-11,16,21H,12-15H2,1-2H3,(H,25,26,27)/t21-/m0/s1. The van der Waals surface area contributed by atoms with Gasteiger partial charge in [0.15, 0.2) is 0 Å². The summed E-state index contributed by atoms with van der Waals surface area (Å²) in [6, 6.07) is 16.5. The van der Waals surface area contributed by atoms with Crippen LogP contribution in [0.4, 0.5) is 5.82 Å². The highest BCUT2D eigenvalue weighted by Crippen LogP contribution is 2.26. The average molecular weight is 431 g/mol. The van der Waals surface area contributed by atoms with Crippen molar-refractivity contribution in [1.82, 2.24) is 24.9 Å². The van der Waals surface area contributed by atoms with Gasteiger partial charge in [0.2, 0.25) is 0 Å². The Balaban J connectivity index is 1.51. The predicted octanol–water partition coefficient (Wildman–Crippen LogP) is 2.74. The van der Waals surface area contributed by atoms with Gasteiger partial charge in [0, 0.05) is 24.0 Å². The average Bonchev–Trinajstić information content (AvgIpc) is 2.86. The zero-order valence-corrected chi connectivity index (χ0v) is 18.2. The maximum atomic E-state index is 13.7. The number of hydrogen-bond acceptors (Lipinski definition) is 6. The number of carbonyl (C=O) groups excluding carboxylic acids is 2. The van der Waals surface area contributed by atoms with Gasteiger partial charge in [-0.05, 0) is 30.2 Å². The molecule has 1 aromatic heterocycles. The summed E-state index contributed by atoms with van der Waals surface area (Å²) >= 11 is 0. The van der Waals surface area contributed by atoms with Crippen LogP contribution in [0.25, 0.3) is 10.9 Å². The van der Waals surface area contributed by atoms with E-state index in [9.17, 15) is 9.59 Å². The maximum absolute atomic E-state index is 13.7. The van der Waals surface area contributed by atoms with Gasteiger partial charge in [-0.3, -0.25) is 14.6 Å². The first-order valence-corrected chi connectivity index (χ1v) is 10.9. The highest BCUT2D eigenvalue weighted by molar-refractivity contribution is 5.95. The fourth-order valence-corrected chi connectivity index (χ4v) is 4.27. The molecule has 1 atom stereocenters. The molecule has 1 saturated heterocycles. The van der Waals surface area contributed by atoms with Crippen LogP contribution in [0, 0.1) is 5.92 Å². The number of hydrogen-bond donors (Lipinski definition) is 1. The van der Waals surface area contributed by atoms with Crippen LogP contribution in [-0.4, -0.2) is 62.5 Å². The van der Waals surface area contributed by atoms with Gasteiger partial charge in [-0.2, -0.15) is 0 Å². The van der Waals surface area contributed by atoms with Gasteiger partial charge in [-0.25, -0.2) is 15.0 Å². The third-order valence-electron chi connectivity index (χ3n) is 6.03. The summed E-state index contributed by atoms with van der Waals surface area (Å²) < 4.78 is 0. The third kappa shape index (κ3) is 3.67. The van der Waals surface area contributed by atoms with Crippen LogP contribution in [0.5, 0.6) is 0 Å². The van der Waals surface area contributed by atoms with Crippen LogP contribution >= 0.6 is 0 Å². The second-order valence-electron chi connectivity index (χ2n) is 8.57. The van der Waals surface area contributed by atoms with Crippen LogP contribution in [0.3, 0.4) is 0 Å². The molecule has 3 heterocycles. The van der Waals surface area contributed by atoms with Crippen molar-refractivity contribution in [3.05, 3.63) is 66.0 Å². The number of rotatable bonds is 2. The van der Waals surface area contributed by atoms with Gasteiger partial charge in [-0.15, -0.1) is 0 Å². The van der Waals surface area contributed by atoms with Crippen molar-refractivity contribution < 1.29 is 9.59 Å². The second-order valence-corrected chi connectivity index (χ2v) is 8.57. The molecule has 0 unspecified atom stereocenters. The van der Waals surface area contributed by atoms with Crippen molar-refractivity contribution in [2.24, 2.45) is 5.92 Å². The molecule has 2 aliphatic heterocycles. The summed E-state index contributed by atoms with van der Waals surface area (Å²) in [5.41, 5.74) is 1.47. The molecule has 0 radical (unpaired) electrons. The van der Waals surface area contributed by atoms with E-state index in [1.165, 1.54) is 0 Å². The van der Waals surface area contributed by atoms with E-state index in [1.807, 2.05) is 61.3 Å². The van der Waals surface area contributed by atoms with Crippen molar-refractivity contribution in [3.63, 3.8) is 0 Å². The lowest BCUT2D eigenvalue weighted by Gasteiger charge is -2.44. The van der Waals surface area contributed by atoms with Gasteiger partial charge >= 0.3 is 0 Å². The molecule has 8 heteroatoms. The van der Waals surface area contributed by atoms with E-state index in [1.54, 1.807) is 22.0 Å². The predicted molar refractivity (Wildman–Crippen MR) is 121 cm³/mol. The van der Waals surface area contributed by atoms with Crippen LogP contribution in [0.2, 0.25) is 0 Å². The molecule has 0 saturated carbocycles. The van der Waals surface area contributed by atoms with Gasteiger partial charge in [0.05, 0.1) is 12.1 Å². The van der Waals surface area contributed by atoms with E-state index in [2.05, 4.69) is 5.32 Å². The van der Waals surface area contributed by atoms with Crippen LogP contribution < -0.4 is 5.32 Å². The van der Waals surface area contributed by atoms with Crippen molar-refractivity contribution in [2.75, 3.05) is 25.1 Å². The Bertz CT molecular complexity index is 1170. The number of benzene rings is 2. The summed E-state index contributed by atoms with van der Waals surface area (Å²) in [5, 5.41) is 7.94. The Kier molecular flexibility index (Phi) is 5.22. The first-order valence-electron chi connectivity index (χ1n) is 10.9. The quantitative estimate of drug-likeness (QED) is 0.673. The molecular weight excluding hydrogens is 404 g/mol. The maximum Gasteiger partial charge on any atom is 0.261 e. The number of carbonyl (C=O) groups is 2. The SMILES string of the molecule is CC(C)[C@@H]1Nc2nc(nc3ccccc23)CN2CCN(C(=O)c3ccccc3)CN2C1=O. The molecule has 3 aromatic rings. The number of nitrogens with zero attached hydrogens (tertiary/aromatic N) is 5. The number of para-hydroxylation sites is 1. The largest absolute Gasteiger partial charge is 0.358 e. The number of amides is 2. The van der Waals surface area contributed by atoms with E-state index < -0.39 is 6.04 Å². The number of hydrazine groups is 1. The fourth-order valence-electron chi connectivity index (χ4n) is 4.27. The molecule has 1 fully saturated rings. The monoisotopic (exact) mass is 430 g/mol. The molecule has 2 aliphatic rings. The number of fused-ring (bicyclic) bond motifs is 5. The van der Waals surface area contributed by atoms with Crippen LogP contribution in [0.15, 0.2) is 54.6 Å². The Hall–Kier alpha value is -3.52. The molecule has 5 rings (SSSR count). The summed E-state index contributed by atoms with van der Waals surface area (Å²) in [5.74, 6) is 1.21. The lowest BCUT2D eigenvalue weighted by atomic mass is 10.0. The van der Waals surface area contributed by atoms with Crippen molar-refractivity contribution in [2.45, 2.75) is 26.4 Å². The minimum absolute atomic E-state index is 0.0276. The third-order valence-corrected chi connectivity index (χ3v) is 6.03. The molecule has 164 valence electrons. The highest BCUT2D eigenvalue weighted by atomic mass is 16.2. The Morgan fingerprint density at radius 1 is 1.03 bits per heavy atom. The lowest BCUT2D eigenvalue weighted by Crippen LogP contribution is -2.62. The number of anilines is 1. The first-order chi connectivity index (χ1) is 15.5. The van der Waals surface area contributed by atoms with Crippen LogP contribution in [-0.2, 0) is 11.3 Å². The van der Waals surface area contributed by atoms with Gasteiger partial charge < -0.3 is 10.2 Å². The van der Waals surface area contributed by atoms with E-state index in [4.69, 9.17) is 9.97 Å². The van der Waals surface area contributed by atoms with Crippen molar-refractivity contribution >= 4 is 28.5 Å². The van der Waals surface area contributed by atoms with Crippen LogP contribution in [0.1, 0.15) is 30.0 Å². The topological polar surface area (TPSA) is 81.7 Å². The molecule has 32 heavy (non-hydrogen) atoms. The molecule has 0 aliphatic carbocycles. The summed E-state index contributed by atoms with van der Waals surface area (Å²) in [6.45, 7) is 5.69.